The number of hydrogen-bond donors (Lipinski definition) is 1. The Morgan fingerprint density at radius 2 is 1.77 bits per heavy atom. The largest absolute Gasteiger partial charge is 0.363 e. The van der Waals surface area contributed by atoms with Gasteiger partial charge in [0.05, 0.1) is 5.88 Å². The first-order chi connectivity index (χ1) is 15.2. The lowest BCUT2D eigenvalue weighted by molar-refractivity contribution is -0.112. The second-order valence-corrected chi connectivity index (χ2v) is 8.79. The predicted molar refractivity (Wildman–Crippen MR) is 130 cm³/mol. The molecule has 0 bridgehead atoms. The van der Waals surface area contributed by atoms with Crippen molar-refractivity contribution >= 4 is 29.4 Å². The minimum absolute atomic E-state index is 0.0117. The maximum absolute atomic E-state index is 12.9. The summed E-state index contributed by atoms with van der Waals surface area (Å²) in [5, 5.41) is 5.19. The Balaban J connectivity index is 1.29. The molecule has 0 aromatic heterocycles. The van der Waals surface area contributed by atoms with Crippen molar-refractivity contribution in [3.05, 3.63) is 107 Å². The van der Waals surface area contributed by atoms with Gasteiger partial charge in [0, 0.05) is 24.0 Å². The molecule has 1 aliphatic carbocycles. The van der Waals surface area contributed by atoms with E-state index < -0.39 is 0 Å². The molecule has 0 unspecified atom stereocenters. The highest BCUT2D eigenvalue weighted by molar-refractivity contribution is 8.02. The van der Waals surface area contributed by atoms with Gasteiger partial charge >= 0.3 is 0 Å². The minimum atomic E-state index is -0.0117. The van der Waals surface area contributed by atoms with Gasteiger partial charge in [-0.1, -0.05) is 54.6 Å². The number of amides is 1. The lowest BCUT2D eigenvalue weighted by atomic mass is 9.89. The van der Waals surface area contributed by atoms with E-state index in [1.54, 1.807) is 11.8 Å². The summed E-state index contributed by atoms with van der Waals surface area (Å²) < 4.78 is 0. The van der Waals surface area contributed by atoms with Crippen LogP contribution in [0.4, 0.5) is 5.69 Å². The van der Waals surface area contributed by atoms with Crippen LogP contribution in [0, 0.1) is 0 Å². The van der Waals surface area contributed by atoms with E-state index in [2.05, 4.69) is 76.4 Å². The van der Waals surface area contributed by atoms with Crippen LogP contribution >= 0.6 is 11.8 Å². The molecule has 0 saturated carbocycles. The van der Waals surface area contributed by atoms with Gasteiger partial charge in [-0.2, -0.15) is 0 Å². The van der Waals surface area contributed by atoms with Crippen molar-refractivity contribution in [1.82, 2.24) is 4.90 Å². The molecule has 0 spiro atoms. The molecule has 154 valence electrons. The summed E-state index contributed by atoms with van der Waals surface area (Å²) in [6.45, 7) is 0.892. The van der Waals surface area contributed by atoms with Gasteiger partial charge in [0.15, 0.2) is 0 Å². The standard InChI is InChI=1S/C27H24N2OS/c30-27(28-26-12-6-20(7-13-26)18-29-14-15-31-19-29)24-11-9-22-8-10-23(16-25(22)17-24)21-4-2-1-3-5-21/h1-8,10,12-17H,9,11,18-19H2,(H,28,30). The summed E-state index contributed by atoms with van der Waals surface area (Å²) in [6, 6.07) is 25.1. The fourth-order valence-electron chi connectivity index (χ4n) is 4.02. The smallest absolute Gasteiger partial charge is 0.251 e. The second kappa shape index (κ2) is 8.86. The van der Waals surface area contributed by atoms with Gasteiger partial charge < -0.3 is 10.2 Å². The molecule has 1 heterocycles. The van der Waals surface area contributed by atoms with Crippen molar-refractivity contribution in [2.45, 2.75) is 19.4 Å². The number of benzene rings is 3. The van der Waals surface area contributed by atoms with Gasteiger partial charge in [-0.25, -0.2) is 0 Å². The highest BCUT2D eigenvalue weighted by Gasteiger charge is 2.17. The Morgan fingerprint density at radius 3 is 2.55 bits per heavy atom. The molecule has 4 heteroatoms. The molecule has 31 heavy (non-hydrogen) atoms. The molecule has 0 radical (unpaired) electrons. The third kappa shape index (κ3) is 4.59. The van der Waals surface area contributed by atoms with Gasteiger partial charge in [0.25, 0.3) is 5.91 Å². The second-order valence-electron chi connectivity index (χ2n) is 7.93. The van der Waals surface area contributed by atoms with E-state index >= 15 is 0 Å². The Kier molecular flexibility index (Phi) is 5.63. The van der Waals surface area contributed by atoms with E-state index in [1.807, 2.05) is 24.3 Å². The van der Waals surface area contributed by atoms with Crippen molar-refractivity contribution in [2.24, 2.45) is 0 Å². The highest BCUT2D eigenvalue weighted by atomic mass is 32.2. The number of aryl methyl sites for hydroxylation is 1. The van der Waals surface area contributed by atoms with Crippen LogP contribution in [0.25, 0.3) is 17.2 Å². The molecule has 2 aliphatic rings. The Labute approximate surface area is 187 Å². The first-order valence-electron chi connectivity index (χ1n) is 10.6. The van der Waals surface area contributed by atoms with Crippen LogP contribution in [-0.2, 0) is 17.8 Å². The van der Waals surface area contributed by atoms with Crippen LogP contribution in [0.15, 0.2) is 90.0 Å². The van der Waals surface area contributed by atoms with Crippen LogP contribution in [0.3, 0.4) is 0 Å². The third-order valence-electron chi connectivity index (χ3n) is 5.74. The van der Waals surface area contributed by atoms with E-state index in [-0.39, 0.29) is 5.91 Å². The first-order valence-corrected chi connectivity index (χ1v) is 11.6. The van der Waals surface area contributed by atoms with Crippen LogP contribution in [0.5, 0.6) is 0 Å². The van der Waals surface area contributed by atoms with Crippen LogP contribution < -0.4 is 5.32 Å². The van der Waals surface area contributed by atoms with Gasteiger partial charge in [-0.15, -0.1) is 11.8 Å². The summed E-state index contributed by atoms with van der Waals surface area (Å²) in [5.41, 5.74) is 7.73. The number of fused-ring (bicyclic) bond motifs is 1. The maximum Gasteiger partial charge on any atom is 0.251 e. The first kappa shape index (κ1) is 19.7. The Morgan fingerprint density at radius 1 is 0.935 bits per heavy atom. The normalized spacial score (nSPS) is 14.8. The fraction of sp³-hybridized carbons (Fsp3) is 0.148. The van der Waals surface area contributed by atoms with E-state index in [4.69, 9.17) is 0 Å². The number of nitrogens with zero attached hydrogens (tertiary/aromatic N) is 1. The average molecular weight is 425 g/mol. The molecule has 3 aromatic rings. The lowest BCUT2D eigenvalue weighted by Crippen LogP contribution is -2.17. The quantitative estimate of drug-likeness (QED) is 0.522. The predicted octanol–water partition coefficient (Wildman–Crippen LogP) is 6.30. The summed E-state index contributed by atoms with van der Waals surface area (Å²) in [7, 11) is 0. The van der Waals surface area contributed by atoms with Crippen molar-refractivity contribution < 1.29 is 4.79 Å². The molecule has 1 aliphatic heterocycles. The van der Waals surface area contributed by atoms with E-state index in [0.29, 0.717) is 0 Å². The zero-order valence-electron chi connectivity index (χ0n) is 17.3. The van der Waals surface area contributed by atoms with Crippen LogP contribution in [-0.4, -0.2) is 16.7 Å². The van der Waals surface area contributed by atoms with Crippen LogP contribution in [0.2, 0.25) is 0 Å². The number of carbonyl (C=O) groups is 1. The molecule has 3 aromatic carbocycles. The van der Waals surface area contributed by atoms with Gasteiger partial charge in [0.2, 0.25) is 0 Å². The molecule has 0 saturated heterocycles. The molecule has 1 amide bonds. The van der Waals surface area contributed by atoms with E-state index in [9.17, 15) is 4.79 Å². The topological polar surface area (TPSA) is 32.3 Å². The van der Waals surface area contributed by atoms with E-state index in [1.165, 1.54) is 22.3 Å². The van der Waals surface area contributed by atoms with Crippen LogP contribution in [0.1, 0.15) is 23.1 Å². The summed E-state index contributed by atoms with van der Waals surface area (Å²) in [5.74, 6) is 0.988. The summed E-state index contributed by atoms with van der Waals surface area (Å²) in [4.78, 5) is 15.2. The zero-order chi connectivity index (χ0) is 21.0. The molecule has 3 nitrogen and oxygen atoms in total. The zero-order valence-corrected chi connectivity index (χ0v) is 18.1. The van der Waals surface area contributed by atoms with Crippen molar-refractivity contribution in [3.63, 3.8) is 0 Å². The number of thioether (sulfide) groups is 1. The minimum Gasteiger partial charge on any atom is -0.363 e. The Hall–Kier alpha value is -3.24. The van der Waals surface area contributed by atoms with Crippen molar-refractivity contribution in [1.29, 1.82) is 0 Å². The van der Waals surface area contributed by atoms with Gasteiger partial charge in [0.1, 0.15) is 0 Å². The van der Waals surface area contributed by atoms with Crippen molar-refractivity contribution in [3.8, 4) is 11.1 Å². The maximum atomic E-state index is 12.9. The molecular formula is C27H24N2OS. The number of carbonyl (C=O) groups excluding carboxylic acids is 1. The SMILES string of the molecule is O=C(Nc1ccc(CN2C=CSC2)cc1)C1=Cc2cc(-c3ccccc3)ccc2CC1. The fourth-order valence-corrected chi connectivity index (χ4v) is 4.74. The lowest BCUT2D eigenvalue weighted by Gasteiger charge is -2.18. The third-order valence-corrected chi connectivity index (χ3v) is 6.54. The highest BCUT2D eigenvalue weighted by Crippen LogP contribution is 2.29. The number of anilines is 1. The Bertz CT molecular complexity index is 1150. The van der Waals surface area contributed by atoms with Crippen molar-refractivity contribution in [2.75, 3.05) is 11.2 Å². The van der Waals surface area contributed by atoms with E-state index in [0.717, 1.165) is 42.1 Å². The monoisotopic (exact) mass is 424 g/mol. The molecule has 0 fully saturated rings. The molecule has 5 rings (SSSR count). The molecule has 0 atom stereocenters. The number of rotatable bonds is 5. The summed E-state index contributed by atoms with van der Waals surface area (Å²) >= 11 is 1.81. The summed E-state index contributed by atoms with van der Waals surface area (Å²) in [6.07, 6.45) is 5.83. The molecular weight excluding hydrogens is 400 g/mol. The number of nitrogens with one attached hydrogen (secondary N) is 1. The number of hydrogen-bond acceptors (Lipinski definition) is 3. The van der Waals surface area contributed by atoms with Gasteiger partial charge in [-0.3, -0.25) is 4.79 Å². The average Bonchev–Trinajstić information content (AvgIpc) is 3.33. The molecule has 1 N–H and O–H groups in total. The van der Waals surface area contributed by atoms with Gasteiger partial charge in [-0.05, 0) is 70.3 Å².